The first-order valence-electron chi connectivity index (χ1n) is 4.74. The fraction of sp³-hybridized carbons (Fsp3) is 0.667. The number of nitrogens with one attached hydrogen (secondary N) is 2. The molecule has 1 amide bonds. The predicted octanol–water partition coefficient (Wildman–Crippen LogP) is 0.443. The van der Waals surface area contributed by atoms with Crippen LogP contribution in [0.25, 0.3) is 0 Å². The Bertz CT molecular complexity index is 306. The molecule has 0 aromatic heterocycles. The summed E-state index contributed by atoms with van der Waals surface area (Å²) in [4.78, 5) is 15.6. The molecule has 6 heteroatoms. The predicted molar refractivity (Wildman–Crippen MR) is 60.3 cm³/mol. The Hall–Kier alpha value is -1.22. The highest BCUT2D eigenvalue weighted by Crippen LogP contribution is 2.18. The van der Waals surface area contributed by atoms with Crippen LogP contribution in [0.2, 0.25) is 0 Å². The van der Waals surface area contributed by atoms with E-state index in [9.17, 15) is 4.79 Å². The number of thioether (sulfide) groups is 1. The lowest BCUT2D eigenvalue weighted by Gasteiger charge is -2.08. The van der Waals surface area contributed by atoms with E-state index in [4.69, 9.17) is 5.26 Å². The van der Waals surface area contributed by atoms with Crippen molar-refractivity contribution in [3.8, 4) is 6.19 Å². The number of hydrogen-bond donors (Lipinski definition) is 2. The molecule has 5 nitrogen and oxygen atoms in total. The van der Waals surface area contributed by atoms with Gasteiger partial charge in [0.25, 0.3) is 0 Å². The molecular weight excluding hydrogens is 212 g/mol. The maximum atomic E-state index is 11.5. The Balaban J connectivity index is 2.46. The number of carbonyl (C=O) groups is 1. The van der Waals surface area contributed by atoms with E-state index in [1.54, 1.807) is 19.4 Å². The SMILES string of the molecule is CSC(=NC(C)C(=O)NC1CC1)NC#N. The van der Waals surface area contributed by atoms with Gasteiger partial charge in [-0.25, -0.2) is 4.99 Å². The van der Waals surface area contributed by atoms with E-state index in [1.165, 1.54) is 11.8 Å². The van der Waals surface area contributed by atoms with Gasteiger partial charge in [0.05, 0.1) is 0 Å². The Morgan fingerprint density at radius 2 is 2.33 bits per heavy atom. The highest BCUT2D eigenvalue weighted by molar-refractivity contribution is 8.13. The topological polar surface area (TPSA) is 77.3 Å². The fourth-order valence-electron chi connectivity index (χ4n) is 0.968. The third kappa shape index (κ3) is 4.21. The van der Waals surface area contributed by atoms with E-state index in [0.29, 0.717) is 11.2 Å². The first-order valence-corrected chi connectivity index (χ1v) is 5.97. The summed E-state index contributed by atoms with van der Waals surface area (Å²) in [5, 5.41) is 14.2. The van der Waals surface area contributed by atoms with Gasteiger partial charge in [-0.2, -0.15) is 5.26 Å². The molecule has 1 aliphatic rings. The van der Waals surface area contributed by atoms with E-state index in [1.807, 2.05) is 0 Å². The van der Waals surface area contributed by atoms with E-state index in [-0.39, 0.29) is 5.91 Å². The molecule has 0 saturated heterocycles. The van der Waals surface area contributed by atoms with Gasteiger partial charge in [-0.05, 0) is 26.0 Å². The molecule has 2 N–H and O–H groups in total. The van der Waals surface area contributed by atoms with Crippen LogP contribution in [0.5, 0.6) is 0 Å². The van der Waals surface area contributed by atoms with E-state index < -0.39 is 6.04 Å². The molecule has 0 aromatic carbocycles. The molecule has 0 aliphatic heterocycles. The minimum absolute atomic E-state index is 0.0798. The van der Waals surface area contributed by atoms with Crippen LogP contribution in [0.1, 0.15) is 19.8 Å². The van der Waals surface area contributed by atoms with Gasteiger partial charge in [-0.15, -0.1) is 0 Å². The normalized spacial score (nSPS) is 17.8. The van der Waals surface area contributed by atoms with Gasteiger partial charge in [0.15, 0.2) is 11.4 Å². The fourth-order valence-corrected chi connectivity index (χ4v) is 1.38. The minimum Gasteiger partial charge on any atom is -0.352 e. The summed E-state index contributed by atoms with van der Waals surface area (Å²) in [7, 11) is 0. The summed E-state index contributed by atoms with van der Waals surface area (Å²) < 4.78 is 0. The van der Waals surface area contributed by atoms with Crippen molar-refractivity contribution in [3.63, 3.8) is 0 Å². The Morgan fingerprint density at radius 1 is 1.67 bits per heavy atom. The van der Waals surface area contributed by atoms with Crippen molar-refractivity contribution in [1.29, 1.82) is 5.26 Å². The molecule has 1 unspecified atom stereocenters. The average Bonchev–Trinajstić information content (AvgIpc) is 3.00. The molecular formula is C9H14N4OS. The van der Waals surface area contributed by atoms with Crippen molar-refractivity contribution in [2.45, 2.75) is 31.8 Å². The van der Waals surface area contributed by atoms with E-state index in [0.717, 1.165) is 12.8 Å². The number of aliphatic imine (C=N–C) groups is 1. The van der Waals surface area contributed by atoms with Crippen molar-refractivity contribution in [2.24, 2.45) is 4.99 Å². The van der Waals surface area contributed by atoms with Gasteiger partial charge >= 0.3 is 0 Å². The van der Waals surface area contributed by atoms with Crippen molar-refractivity contribution < 1.29 is 4.79 Å². The van der Waals surface area contributed by atoms with E-state index >= 15 is 0 Å². The second kappa shape index (κ2) is 5.61. The van der Waals surface area contributed by atoms with Crippen LogP contribution in [-0.4, -0.2) is 29.4 Å². The summed E-state index contributed by atoms with van der Waals surface area (Å²) >= 11 is 1.31. The first kappa shape index (κ1) is 11.9. The van der Waals surface area contributed by atoms with Crippen LogP contribution >= 0.6 is 11.8 Å². The van der Waals surface area contributed by atoms with Crippen LogP contribution in [0, 0.1) is 11.5 Å². The monoisotopic (exact) mass is 226 g/mol. The van der Waals surface area contributed by atoms with Crippen LogP contribution in [0.3, 0.4) is 0 Å². The largest absolute Gasteiger partial charge is 0.352 e. The zero-order valence-electron chi connectivity index (χ0n) is 8.78. The van der Waals surface area contributed by atoms with Crippen LogP contribution < -0.4 is 10.6 Å². The zero-order valence-corrected chi connectivity index (χ0v) is 9.60. The van der Waals surface area contributed by atoms with E-state index in [2.05, 4.69) is 15.6 Å². The molecule has 1 atom stereocenters. The molecule has 0 radical (unpaired) electrons. The van der Waals surface area contributed by atoms with Crippen molar-refractivity contribution >= 4 is 22.8 Å². The first-order chi connectivity index (χ1) is 7.17. The molecule has 0 bridgehead atoms. The van der Waals surface area contributed by atoms with Gasteiger partial charge in [-0.3, -0.25) is 10.1 Å². The minimum atomic E-state index is -0.450. The molecule has 0 spiro atoms. The highest BCUT2D eigenvalue weighted by atomic mass is 32.2. The Morgan fingerprint density at radius 3 is 2.80 bits per heavy atom. The molecule has 0 aromatic rings. The number of hydrogen-bond acceptors (Lipinski definition) is 4. The van der Waals surface area contributed by atoms with Crippen molar-refractivity contribution in [3.05, 3.63) is 0 Å². The highest BCUT2D eigenvalue weighted by Gasteiger charge is 2.25. The summed E-state index contributed by atoms with van der Waals surface area (Å²) in [6, 6.07) is -0.106. The molecule has 1 fully saturated rings. The standard InChI is InChI=1S/C9H14N4OS/c1-6(8(14)13-7-3-4-7)12-9(15-2)11-5-10/h6-7H,3-4H2,1-2H3,(H,11,12)(H,13,14). The van der Waals surface area contributed by atoms with Crippen LogP contribution in [0.4, 0.5) is 0 Å². The Labute approximate surface area is 93.3 Å². The average molecular weight is 226 g/mol. The Kier molecular flexibility index (Phi) is 4.43. The van der Waals surface area contributed by atoms with Gasteiger partial charge in [0.2, 0.25) is 5.91 Å². The number of nitrogens with zero attached hydrogens (tertiary/aromatic N) is 2. The molecule has 1 rings (SSSR count). The van der Waals surface area contributed by atoms with Gasteiger partial charge < -0.3 is 5.32 Å². The van der Waals surface area contributed by atoms with Crippen molar-refractivity contribution in [2.75, 3.05) is 6.26 Å². The summed E-state index contributed by atoms with van der Waals surface area (Å²) in [6.07, 6.45) is 5.71. The molecule has 15 heavy (non-hydrogen) atoms. The number of amidine groups is 1. The smallest absolute Gasteiger partial charge is 0.244 e. The lowest BCUT2D eigenvalue weighted by Crippen LogP contribution is -2.34. The lowest BCUT2D eigenvalue weighted by atomic mass is 10.3. The number of amides is 1. The maximum absolute atomic E-state index is 11.5. The summed E-state index contributed by atoms with van der Waals surface area (Å²) in [6.45, 7) is 1.72. The van der Waals surface area contributed by atoms with Crippen molar-refractivity contribution in [1.82, 2.24) is 10.6 Å². The quantitative estimate of drug-likeness (QED) is 0.317. The third-order valence-electron chi connectivity index (χ3n) is 1.97. The second-order valence-corrected chi connectivity index (χ2v) is 4.13. The lowest BCUT2D eigenvalue weighted by molar-refractivity contribution is -0.122. The second-order valence-electron chi connectivity index (χ2n) is 3.33. The molecule has 1 aliphatic carbocycles. The molecule has 82 valence electrons. The molecule has 1 saturated carbocycles. The van der Waals surface area contributed by atoms with Gasteiger partial charge in [-0.1, -0.05) is 11.8 Å². The summed E-state index contributed by atoms with van der Waals surface area (Å²) in [5.41, 5.74) is 0. The van der Waals surface area contributed by atoms with Crippen LogP contribution in [-0.2, 0) is 4.79 Å². The number of carbonyl (C=O) groups excluding carboxylic acids is 1. The van der Waals surface area contributed by atoms with Gasteiger partial charge in [0.1, 0.15) is 6.04 Å². The number of nitriles is 1. The van der Waals surface area contributed by atoms with Gasteiger partial charge in [0, 0.05) is 6.04 Å². The third-order valence-corrected chi connectivity index (χ3v) is 2.56. The summed E-state index contributed by atoms with van der Waals surface area (Å²) in [5.74, 6) is -0.0798. The maximum Gasteiger partial charge on any atom is 0.244 e. The zero-order chi connectivity index (χ0) is 11.3. The van der Waals surface area contributed by atoms with Crippen LogP contribution in [0.15, 0.2) is 4.99 Å². The molecule has 0 heterocycles. The number of rotatable bonds is 3.